The van der Waals surface area contributed by atoms with Crippen molar-refractivity contribution in [1.82, 2.24) is 4.90 Å². The number of nitrogens with one attached hydrogen (secondary N) is 1. The third kappa shape index (κ3) is 3.48. The highest BCUT2D eigenvalue weighted by molar-refractivity contribution is 5.98. The maximum Gasteiger partial charge on any atom is 0.328 e. The smallest absolute Gasteiger partial charge is 0.328 e. The largest absolute Gasteiger partial charge is 0.480 e. The van der Waals surface area contributed by atoms with E-state index in [1.165, 1.54) is 11.0 Å². The summed E-state index contributed by atoms with van der Waals surface area (Å²) in [7, 11) is 0. The number of nitrogens with two attached hydrogens (primary N) is 1. The third-order valence-electron chi connectivity index (χ3n) is 3.05. The number of urea groups is 1. The van der Waals surface area contributed by atoms with Crippen LogP contribution in [0.1, 0.15) is 10.4 Å². The zero-order valence-corrected chi connectivity index (χ0v) is 11.1. The maximum atomic E-state index is 12.4. The van der Waals surface area contributed by atoms with Gasteiger partial charge >= 0.3 is 12.0 Å². The lowest BCUT2D eigenvalue weighted by molar-refractivity contribution is -0.147. The fourth-order valence-electron chi connectivity index (χ4n) is 2.09. The molecule has 0 radical (unpaired) electrons. The minimum absolute atomic E-state index is 0.0414. The predicted molar refractivity (Wildman–Crippen MR) is 72.9 cm³/mol. The summed E-state index contributed by atoms with van der Waals surface area (Å²) < 4.78 is 5.09. The van der Waals surface area contributed by atoms with Gasteiger partial charge in [0.2, 0.25) is 0 Å². The molecule has 1 fully saturated rings. The molecule has 3 amide bonds. The van der Waals surface area contributed by atoms with E-state index in [1.54, 1.807) is 18.2 Å². The molecule has 4 N–H and O–H groups in total. The van der Waals surface area contributed by atoms with Crippen molar-refractivity contribution >= 4 is 23.6 Å². The van der Waals surface area contributed by atoms with E-state index in [9.17, 15) is 14.4 Å². The fourth-order valence-corrected chi connectivity index (χ4v) is 2.09. The Kier molecular flexibility index (Phi) is 4.39. The summed E-state index contributed by atoms with van der Waals surface area (Å²) in [5, 5.41) is 11.5. The quantitative estimate of drug-likeness (QED) is 0.729. The molecule has 2 rings (SSSR count). The number of primary amides is 1. The van der Waals surface area contributed by atoms with Crippen molar-refractivity contribution in [3.63, 3.8) is 0 Å². The van der Waals surface area contributed by atoms with Gasteiger partial charge in [-0.15, -0.1) is 0 Å². The second-order valence-corrected chi connectivity index (χ2v) is 4.50. The molecule has 1 aromatic carbocycles. The van der Waals surface area contributed by atoms with Crippen molar-refractivity contribution in [3.05, 3.63) is 29.8 Å². The predicted octanol–water partition coefficient (Wildman–Crippen LogP) is 0.103. The number of carbonyl (C=O) groups excluding carboxylic acids is 2. The van der Waals surface area contributed by atoms with E-state index in [-0.39, 0.29) is 25.3 Å². The first-order chi connectivity index (χ1) is 9.99. The van der Waals surface area contributed by atoms with Gasteiger partial charge in [0, 0.05) is 17.8 Å². The highest BCUT2D eigenvalue weighted by Gasteiger charge is 2.33. The molecule has 1 heterocycles. The summed E-state index contributed by atoms with van der Waals surface area (Å²) in [6, 6.07) is 4.39. The molecule has 0 spiro atoms. The number of nitrogens with zero attached hydrogens (tertiary/aromatic N) is 1. The number of anilines is 1. The van der Waals surface area contributed by atoms with Gasteiger partial charge in [0.25, 0.3) is 5.91 Å². The Hall–Kier alpha value is -2.61. The zero-order valence-electron chi connectivity index (χ0n) is 11.1. The van der Waals surface area contributed by atoms with Gasteiger partial charge in [-0.3, -0.25) is 4.79 Å². The van der Waals surface area contributed by atoms with Crippen molar-refractivity contribution in [3.8, 4) is 0 Å². The van der Waals surface area contributed by atoms with Crippen LogP contribution >= 0.6 is 0 Å². The Bertz CT molecular complexity index is 575. The second-order valence-electron chi connectivity index (χ2n) is 4.50. The summed E-state index contributed by atoms with van der Waals surface area (Å²) >= 11 is 0. The van der Waals surface area contributed by atoms with Crippen molar-refractivity contribution in [1.29, 1.82) is 0 Å². The van der Waals surface area contributed by atoms with Crippen molar-refractivity contribution in [2.75, 3.05) is 25.1 Å². The van der Waals surface area contributed by atoms with Crippen molar-refractivity contribution < 1.29 is 24.2 Å². The topological polar surface area (TPSA) is 122 Å². The Morgan fingerprint density at radius 3 is 2.81 bits per heavy atom. The molecule has 8 nitrogen and oxygen atoms in total. The molecule has 1 aliphatic rings. The molecular formula is C13H15N3O5. The van der Waals surface area contributed by atoms with Crippen LogP contribution in [0.25, 0.3) is 0 Å². The number of ether oxygens (including phenoxy) is 1. The monoisotopic (exact) mass is 293 g/mol. The number of hydrogen-bond acceptors (Lipinski definition) is 4. The molecule has 0 saturated carbocycles. The molecule has 1 aliphatic heterocycles. The van der Waals surface area contributed by atoms with E-state index in [0.29, 0.717) is 5.69 Å². The van der Waals surface area contributed by atoms with Gasteiger partial charge in [-0.05, 0) is 18.2 Å². The van der Waals surface area contributed by atoms with E-state index in [4.69, 9.17) is 15.6 Å². The van der Waals surface area contributed by atoms with Crippen LogP contribution in [0.2, 0.25) is 0 Å². The standard InChI is InChI=1S/C13H15N3O5/c14-13(20)15-9-3-1-2-8(6-9)11(17)16-4-5-21-7-10(16)12(18)19/h1-3,6,10H,4-5,7H2,(H,18,19)(H3,14,15,20). The average Bonchev–Trinajstić information content (AvgIpc) is 2.46. The van der Waals surface area contributed by atoms with E-state index in [2.05, 4.69) is 5.32 Å². The fraction of sp³-hybridized carbons (Fsp3) is 0.308. The number of aliphatic carboxylic acids is 1. The summed E-state index contributed by atoms with van der Waals surface area (Å²) in [6.07, 6.45) is 0. The van der Waals surface area contributed by atoms with Crippen LogP contribution in [0.5, 0.6) is 0 Å². The highest BCUT2D eigenvalue weighted by Crippen LogP contribution is 2.16. The van der Waals surface area contributed by atoms with Crippen LogP contribution in [0.15, 0.2) is 24.3 Å². The molecule has 1 aromatic rings. The van der Waals surface area contributed by atoms with Gasteiger partial charge in [-0.25, -0.2) is 9.59 Å². The van der Waals surface area contributed by atoms with Gasteiger partial charge in [0.1, 0.15) is 0 Å². The molecule has 1 unspecified atom stereocenters. The van der Waals surface area contributed by atoms with Crippen LogP contribution < -0.4 is 11.1 Å². The summed E-state index contributed by atoms with van der Waals surface area (Å²) in [6.45, 7) is 0.443. The molecule has 1 saturated heterocycles. The lowest BCUT2D eigenvalue weighted by atomic mass is 10.1. The number of amides is 3. The molecule has 112 valence electrons. The molecule has 0 aromatic heterocycles. The molecule has 1 atom stereocenters. The SMILES string of the molecule is NC(=O)Nc1cccc(C(=O)N2CCOCC2C(=O)O)c1. The summed E-state index contributed by atoms with van der Waals surface area (Å²) in [5.41, 5.74) is 5.66. The maximum absolute atomic E-state index is 12.4. The van der Waals surface area contributed by atoms with E-state index >= 15 is 0 Å². The lowest BCUT2D eigenvalue weighted by Crippen LogP contribution is -2.52. The first-order valence-corrected chi connectivity index (χ1v) is 6.27. The van der Waals surface area contributed by atoms with Gasteiger partial charge < -0.3 is 25.8 Å². The third-order valence-corrected chi connectivity index (χ3v) is 3.05. The summed E-state index contributed by atoms with van der Waals surface area (Å²) in [4.78, 5) is 35.6. The summed E-state index contributed by atoms with van der Waals surface area (Å²) in [5.74, 6) is -1.55. The molecular weight excluding hydrogens is 278 g/mol. The Labute approximate surface area is 120 Å². The molecule has 21 heavy (non-hydrogen) atoms. The van der Waals surface area contributed by atoms with Crippen LogP contribution in [-0.2, 0) is 9.53 Å². The minimum atomic E-state index is -1.12. The number of carbonyl (C=O) groups is 3. The average molecular weight is 293 g/mol. The Morgan fingerprint density at radius 1 is 1.38 bits per heavy atom. The van der Waals surface area contributed by atoms with Gasteiger partial charge in [-0.1, -0.05) is 6.07 Å². The van der Waals surface area contributed by atoms with Crippen LogP contribution in [0.4, 0.5) is 10.5 Å². The first-order valence-electron chi connectivity index (χ1n) is 6.27. The van der Waals surface area contributed by atoms with Gasteiger partial charge in [0.15, 0.2) is 6.04 Å². The number of hydrogen-bond donors (Lipinski definition) is 3. The van der Waals surface area contributed by atoms with Crippen molar-refractivity contribution in [2.45, 2.75) is 6.04 Å². The van der Waals surface area contributed by atoms with E-state index in [0.717, 1.165) is 0 Å². The lowest BCUT2D eigenvalue weighted by Gasteiger charge is -2.32. The van der Waals surface area contributed by atoms with Crippen molar-refractivity contribution in [2.24, 2.45) is 5.73 Å². The zero-order chi connectivity index (χ0) is 15.4. The number of rotatable bonds is 3. The van der Waals surface area contributed by atoms with Crippen LogP contribution in [0, 0.1) is 0 Å². The van der Waals surface area contributed by atoms with E-state index < -0.39 is 23.9 Å². The van der Waals surface area contributed by atoms with Gasteiger partial charge in [0.05, 0.1) is 13.2 Å². The van der Waals surface area contributed by atoms with Crippen LogP contribution in [-0.4, -0.2) is 53.7 Å². The first kappa shape index (κ1) is 14.8. The molecule has 0 bridgehead atoms. The Balaban J connectivity index is 2.22. The molecule has 8 heteroatoms. The highest BCUT2D eigenvalue weighted by atomic mass is 16.5. The minimum Gasteiger partial charge on any atom is -0.480 e. The second kappa shape index (κ2) is 6.23. The normalized spacial score (nSPS) is 18.1. The van der Waals surface area contributed by atoms with Gasteiger partial charge in [-0.2, -0.15) is 0 Å². The number of benzene rings is 1. The molecule has 0 aliphatic carbocycles. The number of carboxylic acid groups (broad SMARTS) is 1. The van der Waals surface area contributed by atoms with Crippen LogP contribution in [0.3, 0.4) is 0 Å². The number of morpholine rings is 1. The number of carboxylic acids is 1. The Morgan fingerprint density at radius 2 is 2.14 bits per heavy atom. The van der Waals surface area contributed by atoms with E-state index in [1.807, 2.05) is 0 Å².